The molecule has 106 valence electrons. The first-order valence-corrected chi connectivity index (χ1v) is 7.22. The molecule has 2 rings (SSSR count). The molecule has 1 heterocycles. The molecule has 1 saturated heterocycles. The highest BCUT2D eigenvalue weighted by Crippen LogP contribution is 2.35. The molecule has 0 radical (unpaired) electrons. The van der Waals surface area contributed by atoms with E-state index < -0.39 is 0 Å². The summed E-state index contributed by atoms with van der Waals surface area (Å²) >= 11 is 0. The molecule has 0 aliphatic carbocycles. The largest absolute Gasteiger partial charge is 0.504 e. The zero-order valence-electron chi connectivity index (χ0n) is 12.2. The van der Waals surface area contributed by atoms with Crippen LogP contribution in [-0.2, 0) is 6.42 Å². The van der Waals surface area contributed by atoms with Crippen LogP contribution in [0.25, 0.3) is 0 Å². The summed E-state index contributed by atoms with van der Waals surface area (Å²) < 4.78 is 5.30. The number of ether oxygens (including phenoxy) is 1. The Kier molecular flexibility index (Phi) is 4.70. The Morgan fingerprint density at radius 2 is 2.21 bits per heavy atom. The average Bonchev–Trinajstić information content (AvgIpc) is 2.42. The maximum Gasteiger partial charge on any atom is 0.161 e. The summed E-state index contributed by atoms with van der Waals surface area (Å²) in [5, 5.41) is 13.7. The number of phenols is 1. The molecule has 1 aliphatic heterocycles. The van der Waals surface area contributed by atoms with Gasteiger partial charge < -0.3 is 15.2 Å². The van der Waals surface area contributed by atoms with Crippen LogP contribution in [0.15, 0.2) is 12.1 Å². The Hall–Kier alpha value is -1.22. The van der Waals surface area contributed by atoms with Gasteiger partial charge in [0.25, 0.3) is 0 Å². The minimum absolute atomic E-state index is 0.317. The lowest BCUT2D eigenvalue weighted by Gasteiger charge is -2.24. The van der Waals surface area contributed by atoms with E-state index >= 15 is 0 Å². The molecule has 1 aliphatic rings. The van der Waals surface area contributed by atoms with Crippen molar-refractivity contribution in [1.29, 1.82) is 0 Å². The van der Waals surface area contributed by atoms with Crippen LogP contribution >= 0.6 is 0 Å². The maximum absolute atomic E-state index is 10.3. The quantitative estimate of drug-likeness (QED) is 0.877. The lowest BCUT2D eigenvalue weighted by atomic mass is 9.89. The van der Waals surface area contributed by atoms with Crippen LogP contribution in [0, 0.1) is 5.92 Å². The van der Waals surface area contributed by atoms with Crippen LogP contribution in [0.5, 0.6) is 11.5 Å². The van der Waals surface area contributed by atoms with Crippen LogP contribution in [0.4, 0.5) is 0 Å². The van der Waals surface area contributed by atoms with Crippen molar-refractivity contribution in [3.8, 4) is 11.5 Å². The van der Waals surface area contributed by atoms with Crippen LogP contribution in [0.3, 0.4) is 0 Å². The van der Waals surface area contributed by atoms with Gasteiger partial charge in [-0.15, -0.1) is 0 Å². The second-order valence-corrected chi connectivity index (χ2v) is 5.80. The van der Waals surface area contributed by atoms with E-state index in [1.165, 1.54) is 18.4 Å². The Labute approximate surface area is 116 Å². The van der Waals surface area contributed by atoms with Gasteiger partial charge >= 0.3 is 0 Å². The molecular weight excluding hydrogens is 238 g/mol. The van der Waals surface area contributed by atoms with E-state index in [-0.39, 0.29) is 0 Å². The second kappa shape index (κ2) is 6.29. The number of benzene rings is 1. The highest BCUT2D eigenvalue weighted by Gasteiger charge is 2.18. The molecule has 3 nitrogen and oxygen atoms in total. The second-order valence-electron chi connectivity index (χ2n) is 5.80. The first-order chi connectivity index (χ1) is 9.11. The predicted octanol–water partition coefficient (Wildman–Crippen LogP) is 3.07. The van der Waals surface area contributed by atoms with Gasteiger partial charge in [-0.1, -0.05) is 19.9 Å². The molecule has 1 unspecified atom stereocenters. The molecule has 0 bridgehead atoms. The van der Waals surface area contributed by atoms with Gasteiger partial charge in [0.05, 0.1) is 7.11 Å². The number of rotatable bonds is 4. The van der Waals surface area contributed by atoms with Crippen molar-refractivity contribution in [2.75, 3.05) is 20.2 Å². The van der Waals surface area contributed by atoms with Gasteiger partial charge in [-0.3, -0.25) is 0 Å². The van der Waals surface area contributed by atoms with Crippen molar-refractivity contribution in [3.63, 3.8) is 0 Å². The summed E-state index contributed by atoms with van der Waals surface area (Å²) in [6.07, 6.45) is 3.39. The first-order valence-electron chi connectivity index (χ1n) is 7.22. The normalized spacial score (nSPS) is 19.7. The van der Waals surface area contributed by atoms with Gasteiger partial charge in [0, 0.05) is 0 Å². The first kappa shape index (κ1) is 14.2. The van der Waals surface area contributed by atoms with Crippen molar-refractivity contribution in [2.24, 2.45) is 5.92 Å². The van der Waals surface area contributed by atoms with E-state index in [4.69, 9.17) is 4.74 Å². The van der Waals surface area contributed by atoms with Crippen molar-refractivity contribution in [3.05, 3.63) is 23.3 Å². The smallest absolute Gasteiger partial charge is 0.161 e. The zero-order valence-corrected chi connectivity index (χ0v) is 12.2. The number of hydrogen-bond acceptors (Lipinski definition) is 3. The fourth-order valence-corrected chi connectivity index (χ4v) is 2.74. The summed E-state index contributed by atoms with van der Waals surface area (Å²) in [4.78, 5) is 0. The summed E-state index contributed by atoms with van der Waals surface area (Å²) in [6.45, 7) is 6.50. The molecule has 1 aromatic rings. The van der Waals surface area contributed by atoms with Gasteiger partial charge in [0.1, 0.15) is 0 Å². The van der Waals surface area contributed by atoms with Crippen LogP contribution in [-0.4, -0.2) is 25.3 Å². The topological polar surface area (TPSA) is 41.5 Å². The molecule has 0 spiro atoms. The van der Waals surface area contributed by atoms with Crippen molar-refractivity contribution < 1.29 is 9.84 Å². The lowest BCUT2D eigenvalue weighted by molar-refractivity contribution is 0.353. The molecule has 0 amide bonds. The van der Waals surface area contributed by atoms with E-state index in [0.717, 1.165) is 25.1 Å². The molecule has 0 saturated carbocycles. The van der Waals surface area contributed by atoms with Crippen LogP contribution in [0.1, 0.15) is 43.7 Å². The fraction of sp³-hybridized carbons (Fsp3) is 0.625. The van der Waals surface area contributed by atoms with Gasteiger partial charge in [-0.2, -0.15) is 0 Å². The molecule has 2 N–H and O–H groups in total. The summed E-state index contributed by atoms with van der Waals surface area (Å²) in [5.74, 6) is 1.98. The van der Waals surface area contributed by atoms with Gasteiger partial charge in [0.15, 0.2) is 11.5 Å². The highest BCUT2D eigenvalue weighted by molar-refractivity contribution is 5.49. The predicted molar refractivity (Wildman–Crippen MR) is 78.0 cm³/mol. The number of piperidine rings is 1. The minimum Gasteiger partial charge on any atom is -0.504 e. The Bertz CT molecular complexity index is 423. The molecule has 0 aromatic heterocycles. The molecule has 1 aromatic carbocycles. The van der Waals surface area contributed by atoms with Crippen molar-refractivity contribution >= 4 is 0 Å². The van der Waals surface area contributed by atoms with E-state index in [1.807, 2.05) is 6.07 Å². The number of nitrogens with one attached hydrogen (secondary N) is 1. The number of methoxy groups -OCH3 is 1. The third-order valence-electron chi connectivity index (χ3n) is 3.97. The van der Waals surface area contributed by atoms with Gasteiger partial charge in [0.2, 0.25) is 0 Å². The number of phenolic OH excluding ortho intramolecular Hbond substituents is 1. The SMILES string of the molecule is COc1cc(C(C)C)cc(CC2CCCNC2)c1O. The van der Waals surface area contributed by atoms with Crippen LogP contribution in [0.2, 0.25) is 0 Å². The lowest BCUT2D eigenvalue weighted by Crippen LogP contribution is -2.30. The summed E-state index contributed by atoms with van der Waals surface area (Å²) in [6, 6.07) is 4.08. The van der Waals surface area contributed by atoms with Crippen LogP contribution < -0.4 is 10.1 Å². The average molecular weight is 263 g/mol. The van der Waals surface area contributed by atoms with E-state index in [9.17, 15) is 5.11 Å². The van der Waals surface area contributed by atoms with E-state index in [2.05, 4.69) is 25.2 Å². The van der Waals surface area contributed by atoms with E-state index in [1.54, 1.807) is 7.11 Å². The minimum atomic E-state index is 0.317. The summed E-state index contributed by atoms with van der Waals surface area (Å²) in [5.41, 5.74) is 2.25. The Balaban J connectivity index is 2.24. The Morgan fingerprint density at radius 3 is 2.79 bits per heavy atom. The van der Waals surface area contributed by atoms with Crippen molar-refractivity contribution in [1.82, 2.24) is 5.32 Å². The molecular formula is C16H25NO2. The maximum atomic E-state index is 10.3. The van der Waals surface area contributed by atoms with E-state index in [0.29, 0.717) is 23.3 Å². The van der Waals surface area contributed by atoms with Gasteiger partial charge in [-0.05, 0) is 61.4 Å². The third kappa shape index (κ3) is 3.41. The molecule has 19 heavy (non-hydrogen) atoms. The summed E-state index contributed by atoms with van der Waals surface area (Å²) in [7, 11) is 1.62. The standard InChI is InChI=1S/C16H25NO2/c1-11(2)13-8-14(16(18)15(9-13)19-3)7-12-5-4-6-17-10-12/h8-9,11-12,17-18H,4-7,10H2,1-3H3. The van der Waals surface area contributed by atoms with Crippen molar-refractivity contribution in [2.45, 2.75) is 39.0 Å². The highest BCUT2D eigenvalue weighted by atomic mass is 16.5. The third-order valence-corrected chi connectivity index (χ3v) is 3.97. The molecule has 1 atom stereocenters. The Morgan fingerprint density at radius 1 is 1.42 bits per heavy atom. The fourth-order valence-electron chi connectivity index (χ4n) is 2.74. The van der Waals surface area contributed by atoms with Gasteiger partial charge in [-0.25, -0.2) is 0 Å². The molecule has 3 heteroatoms. The zero-order chi connectivity index (χ0) is 13.8. The molecule has 1 fully saturated rings. The monoisotopic (exact) mass is 263 g/mol. The number of aromatic hydroxyl groups is 1. The number of hydrogen-bond donors (Lipinski definition) is 2.